The lowest BCUT2D eigenvalue weighted by atomic mass is 9.82. The number of nitrogens with two attached hydrogens (primary N) is 1. The quantitative estimate of drug-likeness (QED) is 0.581. The van der Waals surface area contributed by atoms with Crippen molar-refractivity contribution in [1.29, 1.82) is 0 Å². The average molecular weight is 333 g/mol. The second kappa shape index (κ2) is 8.24. The van der Waals surface area contributed by atoms with Crippen LogP contribution < -0.4 is 20.5 Å². The zero-order chi connectivity index (χ0) is 16.8. The first-order valence-corrected chi connectivity index (χ1v) is 8.82. The van der Waals surface area contributed by atoms with Crippen LogP contribution >= 0.6 is 0 Å². The minimum atomic E-state index is 0.283. The molecule has 0 spiro atoms. The molecule has 0 saturated heterocycles. The van der Waals surface area contributed by atoms with Gasteiger partial charge in [-0.1, -0.05) is 6.42 Å². The number of aliphatic imine (C=N–C) groups is 1. The third kappa shape index (κ3) is 4.54. The van der Waals surface area contributed by atoms with Crippen LogP contribution in [0, 0.1) is 11.8 Å². The summed E-state index contributed by atoms with van der Waals surface area (Å²) in [5, 5.41) is 12.4. The highest BCUT2D eigenvalue weighted by Gasteiger charge is 2.21. The summed E-state index contributed by atoms with van der Waals surface area (Å²) in [5.41, 5.74) is 6.86. The van der Waals surface area contributed by atoms with Crippen LogP contribution in [0.25, 0.3) is 0 Å². The van der Waals surface area contributed by atoms with E-state index in [0.29, 0.717) is 37.6 Å². The minimum Gasteiger partial charge on any atom is -0.490 e. The topological polar surface area (TPSA) is 89.1 Å². The Kier molecular flexibility index (Phi) is 5.80. The number of ether oxygens (including phenoxy) is 2. The molecule has 2 atom stereocenters. The number of hydrogen-bond donors (Lipinski definition) is 3. The molecule has 1 fully saturated rings. The molecular weight excluding hydrogens is 306 g/mol. The van der Waals surface area contributed by atoms with Crippen molar-refractivity contribution in [2.24, 2.45) is 22.6 Å². The summed E-state index contributed by atoms with van der Waals surface area (Å²) < 4.78 is 11.3. The van der Waals surface area contributed by atoms with E-state index in [1.807, 2.05) is 18.2 Å². The molecular formula is C18H27N3O3. The van der Waals surface area contributed by atoms with Gasteiger partial charge in [-0.3, -0.25) is 4.99 Å². The summed E-state index contributed by atoms with van der Waals surface area (Å²) in [6.07, 6.45) is 5.38. The van der Waals surface area contributed by atoms with Gasteiger partial charge in [0.25, 0.3) is 0 Å². The standard InChI is InChI=1S/C18H27N3O3/c19-18(20-11-13-3-1-4-14(9-13)12-22)21-15-5-6-16-17(10-15)24-8-2-7-23-16/h5-6,10,13-14,22H,1-4,7-9,11-12H2,(H3,19,20,21)/t13-,14+/m0/s1. The normalized spacial score (nSPS) is 24.3. The predicted octanol–water partition coefficient (Wildman–Crippen LogP) is 2.37. The number of nitrogens with one attached hydrogen (secondary N) is 1. The third-order valence-corrected chi connectivity index (χ3v) is 4.69. The Morgan fingerprint density at radius 3 is 2.79 bits per heavy atom. The summed E-state index contributed by atoms with van der Waals surface area (Å²) in [7, 11) is 0. The van der Waals surface area contributed by atoms with Crippen molar-refractivity contribution in [2.75, 3.05) is 31.7 Å². The molecule has 1 aliphatic heterocycles. The Balaban J connectivity index is 1.56. The van der Waals surface area contributed by atoms with E-state index in [2.05, 4.69) is 10.3 Å². The number of rotatable bonds is 4. The Morgan fingerprint density at radius 2 is 1.96 bits per heavy atom. The molecule has 0 bridgehead atoms. The van der Waals surface area contributed by atoms with Gasteiger partial charge in [-0.25, -0.2) is 0 Å². The number of aliphatic hydroxyl groups excluding tert-OH is 1. The van der Waals surface area contributed by atoms with Gasteiger partial charge < -0.3 is 25.6 Å². The molecule has 1 aromatic rings. The Labute approximate surface area is 143 Å². The van der Waals surface area contributed by atoms with E-state index in [9.17, 15) is 5.11 Å². The molecule has 1 saturated carbocycles. The highest BCUT2D eigenvalue weighted by molar-refractivity contribution is 5.92. The van der Waals surface area contributed by atoms with Crippen molar-refractivity contribution >= 4 is 11.6 Å². The Morgan fingerprint density at radius 1 is 1.17 bits per heavy atom. The van der Waals surface area contributed by atoms with Gasteiger partial charge >= 0.3 is 0 Å². The van der Waals surface area contributed by atoms with E-state index in [1.54, 1.807) is 0 Å². The SMILES string of the molecule is NC(=NC[C@H]1CCC[C@@H](CO)C1)Nc1ccc2c(c1)OCCCO2. The zero-order valence-electron chi connectivity index (χ0n) is 14.0. The third-order valence-electron chi connectivity index (χ3n) is 4.69. The summed E-state index contributed by atoms with van der Waals surface area (Å²) in [5.74, 6) is 2.86. The van der Waals surface area contributed by atoms with Crippen molar-refractivity contribution in [3.05, 3.63) is 18.2 Å². The van der Waals surface area contributed by atoms with Gasteiger partial charge in [0.2, 0.25) is 0 Å². The van der Waals surface area contributed by atoms with Crippen LogP contribution in [0.2, 0.25) is 0 Å². The Bertz CT molecular complexity index is 577. The maximum atomic E-state index is 9.30. The summed E-state index contributed by atoms with van der Waals surface area (Å²) in [6.45, 7) is 2.33. The molecule has 24 heavy (non-hydrogen) atoms. The van der Waals surface area contributed by atoms with Crippen LogP contribution in [0.3, 0.4) is 0 Å². The monoisotopic (exact) mass is 333 g/mol. The van der Waals surface area contributed by atoms with Crippen molar-refractivity contribution < 1.29 is 14.6 Å². The molecule has 4 N–H and O–H groups in total. The molecule has 0 radical (unpaired) electrons. The number of anilines is 1. The molecule has 0 aromatic heterocycles. The van der Waals surface area contributed by atoms with Gasteiger partial charge in [0, 0.05) is 31.3 Å². The highest BCUT2D eigenvalue weighted by Crippen LogP contribution is 2.32. The fourth-order valence-corrected chi connectivity index (χ4v) is 3.39. The van der Waals surface area contributed by atoms with E-state index in [1.165, 1.54) is 6.42 Å². The molecule has 6 heteroatoms. The lowest BCUT2D eigenvalue weighted by Crippen LogP contribution is -2.25. The number of aliphatic hydroxyl groups is 1. The van der Waals surface area contributed by atoms with Crippen LogP contribution in [0.15, 0.2) is 23.2 Å². The number of guanidine groups is 1. The first-order valence-electron chi connectivity index (χ1n) is 8.82. The maximum Gasteiger partial charge on any atom is 0.193 e. The lowest BCUT2D eigenvalue weighted by Gasteiger charge is -2.26. The lowest BCUT2D eigenvalue weighted by molar-refractivity contribution is 0.163. The molecule has 1 aromatic carbocycles. The molecule has 132 valence electrons. The molecule has 2 aliphatic rings. The second-order valence-electron chi connectivity index (χ2n) is 6.64. The van der Waals surface area contributed by atoms with Crippen molar-refractivity contribution in [2.45, 2.75) is 32.1 Å². The summed E-state index contributed by atoms with van der Waals surface area (Å²) in [4.78, 5) is 4.47. The number of fused-ring (bicyclic) bond motifs is 1. The highest BCUT2D eigenvalue weighted by atomic mass is 16.5. The molecule has 3 rings (SSSR count). The number of hydrogen-bond acceptors (Lipinski definition) is 4. The molecule has 0 amide bonds. The van der Waals surface area contributed by atoms with E-state index >= 15 is 0 Å². The van der Waals surface area contributed by atoms with Gasteiger partial charge in [0.1, 0.15) is 0 Å². The molecule has 6 nitrogen and oxygen atoms in total. The summed E-state index contributed by atoms with van der Waals surface area (Å²) >= 11 is 0. The Hall–Kier alpha value is -1.95. The van der Waals surface area contributed by atoms with E-state index in [4.69, 9.17) is 15.2 Å². The molecule has 1 heterocycles. The fourth-order valence-electron chi connectivity index (χ4n) is 3.39. The zero-order valence-corrected chi connectivity index (χ0v) is 14.0. The van der Waals surface area contributed by atoms with Gasteiger partial charge in [0.05, 0.1) is 13.2 Å². The van der Waals surface area contributed by atoms with E-state index in [0.717, 1.165) is 42.9 Å². The number of nitrogens with zero attached hydrogens (tertiary/aromatic N) is 1. The first-order chi connectivity index (χ1) is 11.7. The fraction of sp³-hybridized carbons (Fsp3) is 0.611. The maximum absolute atomic E-state index is 9.30. The molecule has 1 aliphatic carbocycles. The smallest absolute Gasteiger partial charge is 0.193 e. The van der Waals surface area contributed by atoms with E-state index < -0.39 is 0 Å². The van der Waals surface area contributed by atoms with Crippen LogP contribution in [-0.2, 0) is 0 Å². The van der Waals surface area contributed by atoms with Gasteiger partial charge in [-0.05, 0) is 43.2 Å². The van der Waals surface area contributed by atoms with Crippen LogP contribution in [-0.4, -0.2) is 37.4 Å². The molecule has 0 unspecified atom stereocenters. The number of benzene rings is 1. The summed E-state index contributed by atoms with van der Waals surface area (Å²) in [6, 6.07) is 5.70. The largest absolute Gasteiger partial charge is 0.490 e. The second-order valence-corrected chi connectivity index (χ2v) is 6.64. The van der Waals surface area contributed by atoms with Crippen molar-refractivity contribution in [1.82, 2.24) is 0 Å². The minimum absolute atomic E-state index is 0.283. The predicted molar refractivity (Wildman–Crippen MR) is 94.7 cm³/mol. The van der Waals surface area contributed by atoms with E-state index in [-0.39, 0.29) is 6.61 Å². The average Bonchev–Trinajstić information content (AvgIpc) is 2.85. The van der Waals surface area contributed by atoms with Crippen molar-refractivity contribution in [3.63, 3.8) is 0 Å². The van der Waals surface area contributed by atoms with Crippen molar-refractivity contribution in [3.8, 4) is 11.5 Å². The van der Waals surface area contributed by atoms with Crippen LogP contribution in [0.1, 0.15) is 32.1 Å². The van der Waals surface area contributed by atoms with Crippen LogP contribution in [0.4, 0.5) is 5.69 Å². The van der Waals surface area contributed by atoms with Gasteiger partial charge in [0.15, 0.2) is 17.5 Å². The van der Waals surface area contributed by atoms with Crippen LogP contribution in [0.5, 0.6) is 11.5 Å². The van der Waals surface area contributed by atoms with Gasteiger partial charge in [-0.2, -0.15) is 0 Å². The van der Waals surface area contributed by atoms with Gasteiger partial charge in [-0.15, -0.1) is 0 Å². The first kappa shape index (κ1) is 16.9.